The highest BCUT2D eigenvalue weighted by Gasteiger charge is 2.26. The molecular formula is C19H27NO5. The molecule has 0 saturated carbocycles. The number of hydrogen-bond donors (Lipinski definition) is 0. The first-order valence-electron chi connectivity index (χ1n) is 8.62. The summed E-state index contributed by atoms with van der Waals surface area (Å²) in [5.74, 6) is -0.392. The predicted molar refractivity (Wildman–Crippen MR) is 93.0 cm³/mol. The molecule has 1 saturated heterocycles. The fourth-order valence-electron chi connectivity index (χ4n) is 2.61. The molecule has 6 nitrogen and oxygen atoms in total. The normalized spacial score (nSPS) is 17.9. The highest BCUT2D eigenvalue weighted by atomic mass is 16.6. The summed E-state index contributed by atoms with van der Waals surface area (Å²) in [5, 5.41) is 0. The molecule has 1 aromatic rings. The number of hydrogen-bond acceptors (Lipinski definition) is 5. The lowest BCUT2D eigenvalue weighted by Gasteiger charge is -2.32. The van der Waals surface area contributed by atoms with Crippen LogP contribution in [0.3, 0.4) is 0 Å². The van der Waals surface area contributed by atoms with Crippen molar-refractivity contribution in [1.29, 1.82) is 0 Å². The summed E-state index contributed by atoms with van der Waals surface area (Å²) in [7, 11) is 0. The molecule has 1 fully saturated rings. The molecule has 0 N–H and O–H groups in total. The number of esters is 1. The van der Waals surface area contributed by atoms with Crippen molar-refractivity contribution >= 4 is 12.1 Å². The van der Waals surface area contributed by atoms with E-state index in [1.54, 1.807) is 4.90 Å². The van der Waals surface area contributed by atoms with Gasteiger partial charge in [-0.15, -0.1) is 0 Å². The van der Waals surface area contributed by atoms with Gasteiger partial charge < -0.3 is 19.1 Å². The van der Waals surface area contributed by atoms with Crippen molar-refractivity contribution in [1.82, 2.24) is 4.90 Å². The first kappa shape index (κ1) is 19.2. The van der Waals surface area contributed by atoms with Gasteiger partial charge in [-0.05, 0) is 39.2 Å². The van der Waals surface area contributed by atoms with E-state index in [-0.39, 0.29) is 25.4 Å². The standard InChI is InChI=1S/C19H27NO5/c1-19(2,3)25-17(21)14-23-16-10-7-11-20(12-16)18(22)24-13-15-8-5-4-6-9-15/h4-6,8-9,16H,7,10-14H2,1-3H3/t16-/m1/s1. The second-order valence-corrected chi connectivity index (χ2v) is 7.15. The van der Waals surface area contributed by atoms with E-state index in [9.17, 15) is 9.59 Å². The molecule has 0 radical (unpaired) electrons. The molecule has 1 aromatic carbocycles. The van der Waals surface area contributed by atoms with Crippen molar-refractivity contribution in [3.8, 4) is 0 Å². The summed E-state index contributed by atoms with van der Waals surface area (Å²) < 4.78 is 16.2. The van der Waals surface area contributed by atoms with E-state index in [1.807, 2.05) is 51.1 Å². The van der Waals surface area contributed by atoms with Crippen LogP contribution in [0.2, 0.25) is 0 Å². The molecule has 0 aromatic heterocycles. The number of piperidine rings is 1. The maximum atomic E-state index is 12.2. The number of amides is 1. The van der Waals surface area contributed by atoms with Crippen molar-refractivity contribution in [2.75, 3.05) is 19.7 Å². The third kappa shape index (κ3) is 7.13. The van der Waals surface area contributed by atoms with Gasteiger partial charge in [0, 0.05) is 6.54 Å². The van der Waals surface area contributed by atoms with Crippen molar-refractivity contribution in [2.24, 2.45) is 0 Å². The molecule has 2 rings (SSSR count). The fourth-order valence-corrected chi connectivity index (χ4v) is 2.61. The fraction of sp³-hybridized carbons (Fsp3) is 0.579. The average Bonchev–Trinajstić information content (AvgIpc) is 2.57. The van der Waals surface area contributed by atoms with Gasteiger partial charge >= 0.3 is 12.1 Å². The summed E-state index contributed by atoms with van der Waals surface area (Å²) in [6.45, 7) is 6.66. The van der Waals surface area contributed by atoms with Gasteiger partial charge in [-0.25, -0.2) is 9.59 Å². The molecule has 1 aliphatic rings. The Balaban J connectivity index is 1.74. The highest BCUT2D eigenvalue weighted by molar-refractivity contribution is 5.71. The first-order chi connectivity index (χ1) is 11.8. The monoisotopic (exact) mass is 349 g/mol. The van der Waals surface area contributed by atoms with Crippen LogP contribution in [0.15, 0.2) is 30.3 Å². The first-order valence-corrected chi connectivity index (χ1v) is 8.62. The molecule has 0 aliphatic carbocycles. The number of carbonyl (C=O) groups excluding carboxylic acids is 2. The zero-order chi connectivity index (χ0) is 18.3. The zero-order valence-corrected chi connectivity index (χ0v) is 15.2. The zero-order valence-electron chi connectivity index (χ0n) is 15.2. The van der Waals surface area contributed by atoms with E-state index in [1.165, 1.54) is 0 Å². The molecule has 1 aliphatic heterocycles. The van der Waals surface area contributed by atoms with Crippen LogP contribution < -0.4 is 0 Å². The van der Waals surface area contributed by atoms with Crippen molar-refractivity contribution in [2.45, 2.75) is 51.9 Å². The van der Waals surface area contributed by atoms with E-state index in [0.717, 1.165) is 18.4 Å². The summed E-state index contributed by atoms with van der Waals surface area (Å²) in [6.07, 6.45) is 1.10. The Hall–Kier alpha value is -2.08. The highest BCUT2D eigenvalue weighted by Crippen LogP contribution is 2.15. The minimum atomic E-state index is -0.527. The van der Waals surface area contributed by atoms with Gasteiger partial charge in [-0.2, -0.15) is 0 Å². The second kappa shape index (κ2) is 8.85. The van der Waals surface area contributed by atoms with Gasteiger partial charge in [0.1, 0.15) is 18.8 Å². The molecule has 0 unspecified atom stereocenters. The second-order valence-electron chi connectivity index (χ2n) is 7.15. The predicted octanol–water partition coefficient (Wildman–Crippen LogP) is 3.15. The minimum absolute atomic E-state index is 0.102. The van der Waals surface area contributed by atoms with Gasteiger partial charge in [-0.1, -0.05) is 30.3 Å². The van der Waals surface area contributed by atoms with Gasteiger partial charge in [0.05, 0.1) is 12.6 Å². The maximum Gasteiger partial charge on any atom is 0.410 e. The molecule has 1 heterocycles. The lowest BCUT2D eigenvalue weighted by atomic mass is 10.1. The summed E-state index contributed by atoms with van der Waals surface area (Å²) in [4.78, 5) is 25.6. The molecular weight excluding hydrogens is 322 g/mol. The Labute approximate surface area is 149 Å². The number of nitrogens with zero attached hydrogens (tertiary/aromatic N) is 1. The van der Waals surface area contributed by atoms with Crippen LogP contribution in [0.4, 0.5) is 4.79 Å². The Morgan fingerprint density at radius 2 is 1.92 bits per heavy atom. The lowest BCUT2D eigenvalue weighted by Crippen LogP contribution is -2.44. The van der Waals surface area contributed by atoms with Gasteiger partial charge in [-0.3, -0.25) is 0 Å². The minimum Gasteiger partial charge on any atom is -0.458 e. The van der Waals surface area contributed by atoms with Crippen LogP contribution in [-0.2, 0) is 25.6 Å². The van der Waals surface area contributed by atoms with Crippen LogP contribution >= 0.6 is 0 Å². The third-order valence-corrected chi connectivity index (χ3v) is 3.70. The lowest BCUT2D eigenvalue weighted by molar-refractivity contribution is -0.163. The summed E-state index contributed by atoms with van der Waals surface area (Å²) in [6, 6.07) is 9.56. The Morgan fingerprint density at radius 1 is 1.20 bits per heavy atom. The van der Waals surface area contributed by atoms with Crippen molar-refractivity contribution < 1.29 is 23.8 Å². The molecule has 1 atom stereocenters. The van der Waals surface area contributed by atoms with E-state index in [4.69, 9.17) is 14.2 Å². The Bertz CT molecular complexity index is 567. The number of likely N-dealkylation sites (tertiary alicyclic amines) is 1. The van der Waals surface area contributed by atoms with Crippen LogP contribution in [0.1, 0.15) is 39.2 Å². The number of carbonyl (C=O) groups is 2. The summed E-state index contributed by atoms with van der Waals surface area (Å²) in [5.41, 5.74) is 0.422. The van der Waals surface area contributed by atoms with Crippen LogP contribution in [0.25, 0.3) is 0 Å². The molecule has 1 amide bonds. The van der Waals surface area contributed by atoms with Gasteiger partial charge in [0.2, 0.25) is 0 Å². The van der Waals surface area contributed by atoms with Crippen LogP contribution in [0, 0.1) is 0 Å². The molecule has 0 bridgehead atoms. The van der Waals surface area contributed by atoms with E-state index in [2.05, 4.69) is 0 Å². The number of benzene rings is 1. The molecule has 138 valence electrons. The topological polar surface area (TPSA) is 65.1 Å². The van der Waals surface area contributed by atoms with Crippen LogP contribution in [-0.4, -0.2) is 48.4 Å². The molecule has 25 heavy (non-hydrogen) atoms. The van der Waals surface area contributed by atoms with Gasteiger partial charge in [0.25, 0.3) is 0 Å². The molecule has 6 heteroatoms. The largest absolute Gasteiger partial charge is 0.458 e. The van der Waals surface area contributed by atoms with Gasteiger partial charge in [0.15, 0.2) is 0 Å². The van der Waals surface area contributed by atoms with Crippen LogP contribution in [0.5, 0.6) is 0 Å². The summed E-state index contributed by atoms with van der Waals surface area (Å²) >= 11 is 0. The number of ether oxygens (including phenoxy) is 3. The smallest absolute Gasteiger partial charge is 0.410 e. The SMILES string of the molecule is CC(C)(C)OC(=O)CO[C@@H]1CCCN(C(=O)OCc2ccccc2)C1. The van der Waals surface area contributed by atoms with E-state index >= 15 is 0 Å². The average molecular weight is 349 g/mol. The quantitative estimate of drug-likeness (QED) is 0.764. The third-order valence-electron chi connectivity index (χ3n) is 3.70. The Morgan fingerprint density at radius 3 is 2.60 bits per heavy atom. The van der Waals surface area contributed by atoms with E-state index in [0.29, 0.717) is 13.1 Å². The number of rotatable bonds is 5. The maximum absolute atomic E-state index is 12.2. The Kier molecular flexibility index (Phi) is 6.82. The molecule has 0 spiro atoms. The van der Waals surface area contributed by atoms with Crippen molar-refractivity contribution in [3.05, 3.63) is 35.9 Å². The van der Waals surface area contributed by atoms with Crippen molar-refractivity contribution in [3.63, 3.8) is 0 Å². The van der Waals surface area contributed by atoms with E-state index < -0.39 is 11.6 Å².